The Morgan fingerprint density at radius 3 is 2.36 bits per heavy atom. The second-order valence-electron chi connectivity index (χ2n) is 4.43. The molecule has 0 aliphatic heterocycles. The third-order valence-corrected chi connectivity index (χ3v) is 4.43. The monoisotopic (exact) mass is 389 g/mol. The van der Waals surface area contributed by atoms with Gasteiger partial charge < -0.3 is 5.32 Å². The van der Waals surface area contributed by atoms with Gasteiger partial charge in [-0.25, -0.2) is 13.2 Å². The van der Waals surface area contributed by atoms with Gasteiger partial charge in [0, 0.05) is 9.37 Å². The zero-order chi connectivity index (χ0) is 16.3. The molecule has 0 unspecified atom stereocenters. The molecule has 1 N–H and O–H groups in total. The van der Waals surface area contributed by atoms with Crippen LogP contribution in [0.1, 0.15) is 6.92 Å². The zero-order valence-electron chi connectivity index (χ0n) is 11.4. The number of nitrogens with one attached hydrogen (secondary N) is 1. The molecule has 0 radical (unpaired) electrons. The van der Waals surface area contributed by atoms with Crippen LogP contribution in [0.3, 0.4) is 0 Å². The number of thioether (sulfide) groups is 1. The summed E-state index contributed by atoms with van der Waals surface area (Å²) in [5, 5.41) is 1.73. The number of benzene rings is 2. The van der Waals surface area contributed by atoms with E-state index in [1.807, 2.05) is 24.3 Å². The summed E-state index contributed by atoms with van der Waals surface area (Å²) in [4.78, 5) is 12.9. The maximum absolute atomic E-state index is 13.5. The highest BCUT2D eigenvalue weighted by Crippen LogP contribution is 2.26. The van der Waals surface area contributed by atoms with Crippen LogP contribution in [0, 0.1) is 17.5 Å². The Labute approximate surface area is 138 Å². The molecule has 2 rings (SSSR count). The molecular formula is C15H11BrF3NOS. The first-order chi connectivity index (χ1) is 10.4. The van der Waals surface area contributed by atoms with Gasteiger partial charge in [-0.2, -0.15) is 0 Å². The highest BCUT2D eigenvalue weighted by atomic mass is 79.9. The van der Waals surface area contributed by atoms with Crippen molar-refractivity contribution in [2.45, 2.75) is 17.1 Å². The van der Waals surface area contributed by atoms with E-state index in [0.29, 0.717) is 0 Å². The number of hydrogen-bond donors (Lipinski definition) is 1. The van der Waals surface area contributed by atoms with Gasteiger partial charge in [0.2, 0.25) is 5.91 Å². The van der Waals surface area contributed by atoms with Crippen molar-refractivity contribution in [2.75, 3.05) is 5.32 Å². The summed E-state index contributed by atoms with van der Waals surface area (Å²) in [6.07, 6.45) is 0. The lowest BCUT2D eigenvalue weighted by atomic mass is 10.2. The van der Waals surface area contributed by atoms with Crippen LogP contribution in [0.4, 0.5) is 18.9 Å². The molecule has 22 heavy (non-hydrogen) atoms. The van der Waals surface area contributed by atoms with Gasteiger partial charge in [-0.15, -0.1) is 11.8 Å². The predicted molar refractivity (Wildman–Crippen MR) is 84.4 cm³/mol. The first-order valence-corrected chi connectivity index (χ1v) is 7.92. The Bertz CT molecular complexity index is 694. The highest BCUT2D eigenvalue weighted by molar-refractivity contribution is 9.10. The first kappa shape index (κ1) is 16.9. The molecule has 1 atom stereocenters. The third kappa shape index (κ3) is 4.04. The van der Waals surface area contributed by atoms with E-state index in [1.165, 1.54) is 11.8 Å². The second kappa shape index (κ2) is 7.19. The van der Waals surface area contributed by atoms with Crippen LogP contribution < -0.4 is 5.32 Å². The number of halogens is 4. The van der Waals surface area contributed by atoms with Crippen molar-refractivity contribution in [3.63, 3.8) is 0 Å². The van der Waals surface area contributed by atoms with Crippen molar-refractivity contribution in [2.24, 2.45) is 0 Å². The standard InChI is InChI=1S/C15H11BrF3NOS/c1-8(22-10-4-2-9(16)3-5-10)15(21)20-12-7-6-11(17)13(18)14(12)19/h2-8H,1H3,(H,20,21)/t8-/m0/s1. The summed E-state index contributed by atoms with van der Waals surface area (Å²) in [5.74, 6) is -4.81. The van der Waals surface area contributed by atoms with Crippen LogP contribution >= 0.6 is 27.7 Å². The van der Waals surface area contributed by atoms with Gasteiger partial charge in [0.15, 0.2) is 17.5 Å². The first-order valence-electron chi connectivity index (χ1n) is 6.25. The van der Waals surface area contributed by atoms with Gasteiger partial charge in [0.05, 0.1) is 10.9 Å². The number of carbonyl (C=O) groups excluding carboxylic acids is 1. The van der Waals surface area contributed by atoms with Gasteiger partial charge >= 0.3 is 0 Å². The van der Waals surface area contributed by atoms with Crippen molar-refractivity contribution >= 4 is 39.3 Å². The number of rotatable bonds is 4. The molecule has 2 aromatic carbocycles. The van der Waals surface area contributed by atoms with E-state index < -0.39 is 28.6 Å². The fourth-order valence-electron chi connectivity index (χ4n) is 1.63. The van der Waals surface area contributed by atoms with Crippen molar-refractivity contribution in [1.29, 1.82) is 0 Å². The van der Waals surface area contributed by atoms with Crippen LogP contribution in [-0.2, 0) is 4.79 Å². The van der Waals surface area contributed by atoms with Gasteiger partial charge in [-0.05, 0) is 43.3 Å². The van der Waals surface area contributed by atoms with E-state index in [4.69, 9.17) is 0 Å². The minimum atomic E-state index is -1.61. The van der Waals surface area contributed by atoms with Crippen molar-refractivity contribution in [3.8, 4) is 0 Å². The van der Waals surface area contributed by atoms with Crippen LogP contribution in [0.5, 0.6) is 0 Å². The summed E-state index contributed by atoms with van der Waals surface area (Å²) in [6.45, 7) is 1.64. The maximum atomic E-state index is 13.5. The Morgan fingerprint density at radius 1 is 1.09 bits per heavy atom. The maximum Gasteiger partial charge on any atom is 0.237 e. The lowest BCUT2D eigenvalue weighted by molar-refractivity contribution is -0.115. The van der Waals surface area contributed by atoms with E-state index in [1.54, 1.807) is 6.92 Å². The Balaban J connectivity index is 2.05. The summed E-state index contributed by atoms with van der Waals surface area (Å²) >= 11 is 4.58. The van der Waals surface area contributed by atoms with E-state index in [2.05, 4.69) is 21.2 Å². The average Bonchev–Trinajstić information content (AvgIpc) is 2.50. The van der Waals surface area contributed by atoms with Crippen LogP contribution in [-0.4, -0.2) is 11.2 Å². The summed E-state index contributed by atoms with van der Waals surface area (Å²) in [6, 6.07) is 9.08. The molecule has 0 aliphatic carbocycles. The smallest absolute Gasteiger partial charge is 0.237 e. The quantitative estimate of drug-likeness (QED) is 0.589. The van der Waals surface area contributed by atoms with E-state index in [0.717, 1.165) is 21.5 Å². The molecule has 0 fully saturated rings. The van der Waals surface area contributed by atoms with Crippen LogP contribution in [0.25, 0.3) is 0 Å². The van der Waals surface area contributed by atoms with Crippen molar-refractivity contribution < 1.29 is 18.0 Å². The number of hydrogen-bond acceptors (Lipinski definition) is 2. The average molecular weight is 390 g/mol. The van der Waals surface area contributed by atoms with E-state index in [-0.39, 0.29) is 5.69 Å². The van der Waals surface area contributed by atoms with Crippen molar-refractivity contribution in [3.05, 3.63) is 58.3 Å². The summed E-state index contributed by atoms with van der Waals surface area (Å²) in [7, 11) is 0. The van der Waals surface area contributed by atoms with Gasteiger partial charge in [0.25, 0.3) is 0 Å². The van der Waals surface area contributed by atoms with Crippen LogP contribution in [0.2, 0.25) is 0 Å². The topological polar surface area (TPSA) is 29.1 Å². The van der Waals surface area contributed by atoms with Crippen LogP contribution in [0.15, 0.2) is 45.8 Å². The lowest BCUT2D eigenvalue weighted by Gasteiger charge is -2.13. The predicted octanol–water partition coefficient (Wildman–Crippen LogP) is 4.99. The van der Waals surface area contributed by atoms with E-state index >= 15 is 0 Å². The fourth-order valence-corrected chi connectivity index (χ4v) is 2.76. The summed E-state index contributed by atoms with van der Waals surface area (Å²) in [5.41, 5.74) is -0.382. The third-order valence-electron chi connectivity index (χ3n) is 2.79. The minimum absolute atomic E-state index is 0.382. The molecule has 0 aromatic heterocycles. The minimum Gasteiger partial charge on any atom is -0.323 e. The molecule has 116 valence electrons. The number of carbonyl (C=O) groups is 1. The lowest BCUT2D eigenvalue weighted by Crippen LogP contribution is -2.23. The second-order valence-corrected chi connectivity index (χ2v) is 6.76. The normalized spacial score (nSPS) is 12.0. The van der Waals surface area contributed by atoms with Crippen molar-refractivity contribution in [1.82, 2.24) is 0 Å². The van der Waals surface area contributed by atoms with Gasteiger partial charge in [0.1, 0.15) is 0 Å². The molecule has 7 heteroatoms. The molecule has 0 spiro atoms. The molecular weight excluding hydrogens is 379 g/mol. The molecule has 0 saturated heterocycles. The number of amides is 1. The fraction of sp³-hybridized carbons (Fsp3) is 0.133. The molecule has 1 amide bonds. The highest BCUT2D eigenvalue weighted by Gasteiger charge is 2.19. The summed E-state index contributed by atoms with van der Waals surface area (Å²) < 4.78 is 40.4. The molecule has 0 saturated carbocycles. The zero-order valence-corrected chi connectivity index (χ0v) is 13.8. The van der Waals surface area contributed by atoms with Gasteiger partial charge in [-0.3, -0.25) is 4.79 Å². The largest absolute Gasteiger partial charge is 0.323 e. The Hall–Kier alpha value is -1.47. The molecule has 0 bridgehead atoms. The SMILES string of the molecule is C[C@H](Sc1ccc(Br)cc1)C(=O)Nc1ccc(F)c(F)c1F. The number of anilines is 1. The molecule has 0 aliphatic rings. The Morgan fingerprint density at radius 2 is 1.73 bits per heavy atom. The molecule has 0 heterocycles. The van der Waals surface area contributed by atoms with E-state index in [9.17, 15) is 18.0 Å². The Kier molecular flexibility index (Phi) is 5.52. The van der Waals surface area contributed by atoms with Gasteiger partial charge in [-0.1, -0.05) is 15.9 Å². The molecule has 2 nitrogen and oxygen atoms in total. The molecule has 2 aromatic rings.